The maximum absolute atomic E-state index is 13.5. The van der Waals surface area contributed by atoms with Crippen molar-refractivity contribution >= 4 is 22.4 Å². The molecule has 0 aliphatic carbocycles. The third-order valence-electron chi connectivity index (χ3n) is 5.53. The number of fused-ring (bicyclic) bond motifs is 1. The minimum atomic E-state index is -4.43. The molecule has 1 fully saturated rings. The predicted molar refractivity (Wildman–Crippen MR) is 115 cm³/mol. The summed E-state index contributed by atoms with van der Waals surface area (Å²) in [6.07, 6.45) is -2.84. The predicted octanol–water partition coefficient (Wildman–Crippen LogP) is 3.74. The molecule has 1 aliphatic rings. The molecule has 0 bridgehead atoms. The van der Waals surface area contributed by atoms with Crippen LogP contribution in [-0.4, -0.2) is 60.1 Å². The zero-order valence-corrected chi connectivity index (χ0v) is 17.8. The third kappa shape index (κ3) is 4.71. The number of piperazine rings is 1. The lowest BCUT2D eigenvalue weighted by Crippen LogP contribution is -2.45. The molecule has 1 saturated heterocycles. The number of nitrogens with zero attached hydrogens (tertiary/aromatic N) is 6. The highest BCUT2D eigenvalue weighted by molar-refractivity contribution is 5.91. The molecule has 2 aromatic heterocycles. The van der Waals surface area contributed by atoms with Crippen LogP contribution in [0.3, 0.4) is 0 Å². The van der Waals surface area contributed by atoms with E-state index in [2.05, 4.69) is 31.8 Å². The number of anilines is 2. The van der Waals surface area contributed by atoms with Crippen molar-refractivity contribution in [3.63, 3.8) is 0 Å². The fourth-order valence-electron chi connectivity index (χ4n) is 3.85. The van der Waals surface area contributed by atoms with Gasteiger partial charge in [-0.3, -0.25) is 4.98 Å². The number of hydrogen-bond donors (Lipinski definition) is 0. The van der Waals surface area contributed by atoms with Crippen LogP contribution < -0.4 is 9.80 Å². The number of hydrogen-bond acceptors (Lipinski definition) is 6. The van der Waals surface area contributed by atoms with E-state index < -0.39 is 11.7 Å². The van der Waals surface area contributed by atoms with Crippen LogP contribution in [0.5, 0.6) is 0 Å². The number of benzene rings is 1. The van der Waals surface area contributed by atoms with Crippen LogP contribution in [0.4, 0.5) is 24.7 Å². The Kier molecular flexibility index (Phi) is 5.70. The second-order valence-corrected chi connectivity index (χ2v) is 7.98. The molecule has 0 saturated carbocycles. The highest BCUT2D eigenvalue weighted by atomic mass is 19.4. The molecule has 9 heteroatoms. The SMILES string of the molecule is Cc1nc(CN(C)c2cc(C(F)(F)F)cc3cccnc23)cc(N2CCN(C)CC2)n1. The van der Waals surface area contributed by atoms with Crippen LogP contribution in [-0.2, 0) is 12.7 Å². The van der Waals surface area contributed by atoms with E-state index in [0.29, 0.717) is 29.0 Å². The summed E-state index contributed by atoms with van der Waals surface area (Å²) in [5, 5.41) is 0.455. The Bertz CT molecular complexity index is 1080. The van der Waals surface area contributed by atoms with Gasteiger partial charge in [0.1, 0.15) is 11.6 Å². The first-order valence-corrected chi connectivity index (χ1v) is 10.2. The molecule has 6 nitrogen and oxygen atoms in total. The average Bonchev–Trinajstić information content (AvgIpc) is 2.72. The summed E-state index contributed by atoms with van der Waals surface area (Å²) in [4.78, 5) is 19.7. The van der Waals surface area contributed by atoms with E-state index in [1.165, 1.54) is 0 Å². The number of pyridine rings is 1. The Balaban J connectivity index is 1.65. The minimum Gasteiger partial charge on any atom is -0.367 e. The first-order valence-electron chi connectivity index (χ1n) is 10.2. The number of likely N-dealkylation sites (N-methyl/N-ethyl adjacent to an activating group) is 1. The van der Waals surface area contributed by atoms with Crippen molar-refractivity contribution < 1.29 is 13.2 Å². The lowest BCUT2D eigenvalue weighted by Gasteiger charge is -2.33. The third-order valence-corrected chi connectivity index (χ3v) is 5.53. The summed E-state index contributed by atoms with van der Waals surface area (Å²) in [5.74, 6) is 1.50. The van der Waals surface area contributed by atoms with Crippen molar-refractivity contribution in [2.45, 2.75) is 19.6 Å². The first kappa shape index (κ1) is 21.3. The van der Waals surface area contributed by atoms with Gasteiger partial charge in [-0.05, 0) is 32.2 Å². The van der Waals surface area contributed by atoms with Crippen LogP contribution in [0, 0.1) is 6.92 Å². The van der Waals surface area contributed by atoms with Crippen molar-refractivity contribution in [2.75, 3.05) is 50.1 Å². The van der Waals surface area contributed by atoms with Crippen LogP contribution in [0.15, 0.2) is 36.5 Å². The first-order chi connectivity index (χ1) is 14.7. The van der Waals surface area contributed by atoms with Gasteiger partial charge in [0, 0.05) is 50.9 Å². The molecule has 3 heterocycles. The van der Waals surface area contributed by atoms with E-state index in [0.717, 1.165) is 49.8 Å². The molecule has 0 unspecified atom stereocenters. The normalized spacial score (nSPS) is 15.5. The van der Waals surface area contributed by atoms with Gasteiger partial charge in [0.15, 0.2) is 0 Å². The van der Waals surface area contributed by atoms with Crippen molar-refractivity contribution in [2.24, 2.45) is 0 Å². The van der Waals surface area contributed by atoms with E-state index in [1.807, 2.05) is 13.0 Å². The Morgan fingerprint density at radius 2 is 1.81 bits per heavy atom. The quantitative estimate of drug-likeness (QED) is 0.629. The van der Waals surface area contributed by atoms with Crippen molar-refractivity contribution in [1.29, 1.82) is 0 Å². The topological polar surface area (TPSA) is 48.4 Å². The van der Waals surface area contributed by atoms with E-state index >= 15 is 0 Å². The highest BCUT2D eigenvalue weighted by Crippen LogP contribution is 2.36. The van der Waals surface area contributed by atoms with E-state index in [-0.39, 0.29) is 0 Å². The fourth-order valence-corrected chi connectivity index (χ4v) is 3.85. The summed E-state index contributed by atoms with van der Waals surface area (Å²) in [6, 6.07) is 7.51. The Morgan fingerprint density at radius 1 is 1.06 bits per heavy atom. The zero-order chi connectivity index (χ0) is 22.2. The smallest absolute Gasteiger partial charge is 0.367 e. The Hall–Kier alpha value is -2.94. The molecule has 1 aromatic carbocycles. The summed E-state index contributed by atoms with van der Waals surface area (Å²) >= 11 is 0. The van der Waals surface area contributed by atoms with Gasteiger partial charge in [-0.1, -0.05) is 6.07 Å². The lowest BCUT2D eigenvalue weighted by molar-refractivity contribution is -0.137. The van der Waals surface area contributed by atoms with Gasteiger partial charge in [-0.25, -0.2) is 9.97 Å². The Labute approximate surface area is 179 Å². The van der Waals surface area contributed by atoms with Gasteiger partial charge in [0.25, 0.3) is 0 Å². The summed E-state index contributed by atoms with van der Waals surface area (Å²) in [6.45, 7) is 5.86. The summed E-state index contributed by atoms with van der Waals surface area (Å²) in [7, 11) is 3.85. The molecule has 164 valence electrons. The largest absolute Gasteiger partial charge is 0.416 e. The van der Waals surface area contributed by atoms with E-state index in [1.54, 1.807) is 30.3 Å². The molecular weight excluding hydrogens is 405 g/mol. The second-order valence-electron chi connectivity index (χ2n) is 7.98. The van der Waals surface area contributed by atoms with Crippen molar-refractivity contribution in [3.8, 4) is 0 Å². The maximum Gasteiger partial charge on any atom is 0.416 e. The molecular formula is C22H25F3N6. The van der Waals surface area contributed by atoms with E-state index in [9.17, 15) is 13.2 Å². The van der Waals surface area contributed by atoms with Crippen LogP contribution in [0.1, 0.15) is 17.1 Å². The zero-order valence-electron chi connectivity index (χ0n) is 17.8. The molecule has 3 aromatic rings. The molecule has 0 spiro atoms. The number of rotatable bonds is 4. The van der Waals surface area contributed by atoms with Gasteiger partial charge in [-0.2, -0.15) is 13.2 Å². The monoisotopic (exact) mass is 430 g/mol. The number of aromatic nitrogens is 3. The summed E-state index contributed by atoms with van der Waals surface area (Å²) in [5.41, 5.74) is 1.02. The van der Waals surface area contributed by atoms with Gasteiger partial charge >= 0.3 is 6.18 Å². The van der Waals surface area contributed by atoms with Gasteiger partial charge in [-0.15, -0.1) is 0 Å². The number of alkyl halides is 3. The van der Waals surface area contributed by atoms with Gasteiger partial charge < -0.3 is 14.7 Å². The van der Waals surface area contributed by atoms with E-state index in [4.69, 9.17) is 0 Å². The lowest BCUT2D eigenvalue weighted by atomic mass is 10.1. The molecule has 1 aliphatic heterocycles. The molecule has 0 N–H and O–H groups in total. The minimum absolute atomic E-state index is 0.344. The average molecular weight is 430 g/mol. The fraction of sp³-hybridized carbons (Fsp3) is 0.409. The molecule has 0 radical (unpaired) electrons. The van der Waals surface area contributed by atoms with Gasteiger partial charge in [0.2, 0.25) is 0 Å². The van der Waals surface area contributed by atoms with Crippen LogP contribution in [0.2, 0.25) is 0 Å². The van der Waals surface area contributed by atoms with Crippen molar-refractivity contribution in [1.82, 2.24) is 19.9 Å². The second kappa shape index (κ2) is 8.30. The summed E-state index contributed by atoms with van der Waals surface area (Å²) < 4.78 is 40.4. The standard InChI is InChI=1S/C22H25F3N6/c1-15-27-18(13-20(28-15)31-9-7-29(2)8-10-31)14-30(3)19-12-17(22(23,24)25)11-16-5-4-6-26-21(16)19/h4-6,11-13H,7-10,14H2,1-3H3. The molecule has 0 atom stereocenters. The highest BCUT2D eigenvalue weighted by Gasteiger charge is 2.32. The van der Waals surface area contributed by atoms with Crippen LogP contribution >= 0.6 is 0 Å². The maximum atomic E-state index is 13.5. The number of halogens is 3. The number of aryl methyl sites for hydroxylation is 1. The Morgan fingerprint density at radius 3 is 2.52 bits per heavy atom. The van der Waals surface area contributed by atoms with Crippen LogP contribution in [0.25, 0.3) is 10.9 Å². The van der Waals surface area contributed by atoms with Gasteiger partial charge in [0.05, 0.1) is 29.0 Å². The molecule has 4 rings (SSSR count). The van der Waals surface area contributed by atoms with Crippen molar-refractivity contribution in [3.05, 3.63) is 53.6 Å². The molecule has 0 amide bonds. The molecule has 31 heavy (non-hydrogen) atoms.